The van der Waals surface area contributed by atoms with Crippen LogP contribution in [0.25, 0.3) is 0 Å². The lowest BCUT2D eigenvalue weighted by molar-refractivity contribution is 1.56. The van der Waals surface area contributed by atoms with Crippen LogP contribution in [0.2, 0.25) is 0 Å². The second-order valence-corrected chi connectivity index (χ2v) is 0.483. The Kier molecular flexibility index (Phi) is 2.31. The van der Waals surface area contributed by atoms with E-state index in [4.69, 9.17) is 5.26 Å². The highest BCUT2D eigenvalue weighted by Crippen LogP contribution is 1.35. The Morgan fingerprint density at radius 3 is 2.25 bits per heavy atom. The van der Waals surface area contributed by atoms with E-state index in [-0.39, 0.29) is 0 Å². The van der Waals surface area contributed by atoms with E-state index >= 15 is 0 Å². The van der Waals surface area contributed by atoms with Crippen molar-refractivity contribution in [3.05, 3.63) is 0 Å². The van der Waals surface area contributed by atoms with Crippen molar-refractivity contribution >= 4 is 17.6 Å². The molecule has 0 N–H and O–H groups in total. The summed E-state index contributed by atoms with van der Waals surface area (Å²) < 4.78 is 0. The van der Waals surface area contributed by atoms with Crippen molar-refractivity contribution in [1.29, 1.82) is 5.26 Å². The first-order valence-corrected chi connectivity index (χ1v) is 1.22. The minimum atomic E-state index is 1.01. The fourth-order valence-electron chi connectivity index (χ4n) is 0. The molecule has 2 heteroatoms. The van der Waals surface area contributed by atoms with Crippen LogP contribution in [0.1, 0.15) is 0 Å². The molecule has 0 saturated carbocycles. The quantitative estimate of drug-likeness (QED) is 0.388. The molecule has 0 atom stereocenters. The average molecular weight is 71.1 g/mol. The highest BCUT2D eigenvalue weighted by Gasteiger charge is 1.37. The van der Waals surface area contributed by atoms with Gasteiger partial charge in [0.1, 0.15) is 6.07 Å². The SMILES string of the molecule is N#CC=S. The molecule has 0 amide bonds. The number of hydrogen-bond acceptors (Lipinski definition) is 2. The van der Waals surface area contributed by atoms with Crippen molar-refractivity contribution in [2.75, 3.05) is 0 Å². The Bertz CT molecular complexity index is 51.5. The summed E-state index contributed by atoms with van der Waals surface area (Å²) in [7, 11) is 0. The normalized spacial score (nSPS) is 3.75. The maximum absolute atomic E-state index is 7.47. The molecule has 0 aromatic rings. The number of hydrogen-bond donors (Lipinski definition) is 0. The molecule has 0 radical (unpaired) electrons. The summed E-state index contributed by atoms with van der Waals surface area (Å²) in [6.07, 6.45) is 0. The molecule has 0 saturated heterocycles. The predicted molar refractivity (Wildman–Crippen MR) is 19.3 cm³/mol. The molecular formula is C2HNS. The minimum absolute atomic E-state index is 1.01. The van der Waals surface area contributed by atoms with Crippen molar-refractivity contribution in [2.45, 2.75) is 0 Å². The number of nitriles is 1. The Balaban J connectivity index is 2.92. The van der Waals surface area contributed by atoms with Gasteiger partial charge in [-0.3, -0.25) is 0 Å². The summed E-state index contributed by atoms with van der Waals surface area (Å²) in [4.78, 5) is 0. The fourth-order valence-corrected chi connectivity index (χ4v) is 0. The van der Waals surface area contributed by atoms with Crippen LogP contribution in [0.15, 0.2) is 0 Å². The van der Waals surface area contributed by atoms with Crippen molar-refractivity contribution in [2.24, 2.45) is 0 Å². The third-order valence-electron chi connectivity index (χ3n) is 0.0527. The zero-order chi connectivity index (χ0) is 3.41. The maximum atomic E-state index is 7.47. The lowest BCUT2D eigenvalue weighted by Gasteiger charge is -1.27. The molecule has 0 aliphatic carbocycles. The first-order valence-electron chi connectivity index (χ1n) is 0.748. The van der Waals surface area contributed by atoms with Gasteiger partial charge in [0.2, 0.25) is 0 Å². The molecule has 1 nitrogen and oxygen atoms in total. The van der Waals surface area contributed by atoms with E-state index in [1.807, 2.05) is 0 Å². The summed E-state index contributed by atoms with van der Waals surface area (Å²) in [5.74, 6) is 0. The van der Waals surface area contributed by atoms with E-state index in [0.717, 1.165) is 5.37 Å². The van der Waals surface area contributed by atoms with E-state index < -0.39 is 0 Å². The molecule has 0 aromatic heterocycles. The van der Waals surface area contributed by atoms with Crippen LogP contribution in [-0.4, -0.2) is 5.37 Å². The molecule has 0 aliphatic heterocycles. The third kappa shape index (κ3) is 1.58. The standard InChI is InChI=1S/C2HNS/c3-1-2-4/h2H. The van der Waals surface area contributed by atoms with Crippen molar-refractivity contribution < 1.29 is 0 Å². The third-order valence-corrected chi connectivity index (χ3v) is 0.158. The van der Waals surface area contributed by atoms with Crippen molar-refractivity contribution in [1.82, 2.24) is 0 Å². The highest BCUT2D eigenvalue weighted by molar-refractivity contribution is 7.79. The van der Waals surface area contributed by atoms with E-state index in [1.165, 1.54) is 0 Å². The number of nitrogens with zero attached hydrogens (tertiary/aromatic N) is 1. The molecule has 0 heterocycles. The fraction of sp³-hybridized carbons (Fsp3) is 0. The Hall–Kier alpha value is -0.420. The molecule has 0 fully saturated rings. The van der Waals surface area contributed by atoms with Gasteiger partial charge in [-0.05, 0) is 0 Å². The van der Waals surface area contributed by atoms with E-state index in [1.54, 1.807) is 6.07 Å². The van der Waals surface area contributed by atoms with Crippen LogP contribution in [0.3, 0.4) is 0 Å². The maximum Gasteiger partial charge on any atom is 0.103 e. The average Bonchev–Trinajstić information content (AvgIpc) is 1.37. The van der Waals surface area contributed by atoms with Gasteiger partial charge in [0.15, 0.2) is 0 Å². The molecule has 4 heavy (non-hydrogen) atoms. The largest absolute Gasteiger partial charge is 0.192 e. The zero-order valence-electron chi connectivity index (χ0n) is 1.93. The van der Waals surface area contributed by atoms with Gasteiger partial charge in [-0.1, -0.05) is 12.2 Å². The zero-order valence-corrected chi connectivity index (χ0v) is 2.75. The Morgan fingerprint density at radius 2 is 2.25 bits per heavy atom. The van der Waals surface area contributed by atoms with E-state index in [0.29, 0.717) is 0 Å². The molecule has 0 aliphatic rings. The van der Waals surface area contributed by atoms with Gasteiger partial charge in [-0.2, -0.15) is 5.26 Å². The Labute approximate surface area is 29.9 Å². The van der Waals surface area contributed by atoms with E-state index in [9.17, 15) is 0 Å². The topological polar surface area (TPSA) is 23.8 Å². The van der Waals surface area contributed by atoms with Gasteiger partial charge in [-0.25, -0.2) is 0 Å². The second kappa shape index (κ2) is 2.58. The first kappa shape index (κ1) is 3.58. The van der Waals surface area contributed by atoms with E-state index in [2.05, 4.69) is 12.2 Å². The number of thiocarbonyl (C=S) groups is 1. The lowest BCUT2D eigenvalue weighted by atomic mass is 10.9. The smallest absolute Gasteiger partial charge is 0.103 e. The molecule has 0 aromatic carbocycles. The van der Waals surface area contributed by atoms with Crippen LogP contribution >= 0.6 is 12.2 Å². The van der Waals surface area contributed by atoms with Crippen LogP contribution in [0, 0.1) is 11.3 Å². The summed E-state index contributed by atoms with van der Waals surface area (Å²) in [6.45, 7) is 0. The van der Waals surface area contributed by atoms with Crippen LogP contribution in [-0.2, 0) is 0 Å². The Morgan fingerprint density at radius 1 is 2.00 bits per heavy atom. The van der Waals surface area contributed by atoms with Gasteiger partial charge in [0.05, 0.1) is 5.37 Å². The summed E-state index contributed by atoms with van der Waals surface area (Å²) in [6, 6.07) is 1.62. The van der Waals surface area contributed by atoms with Gasteiger partial charge in [-0.15, -0.1) is 0 Å². The molecular weight excluding hydrogens is 70.1 g/mol. The lowest BCUT2D eigenvalue weighted by Crippen LogP contribution is -1.39. The predicted octanol–water partition coefficient (Wildman–Crippen LogP) is 0.510. The monoisotopic (exact) mass is 71.0 g/mol. The van der Waals surface area contributed by atoms with Gasteiger partial charge in [0, 0.05) is 0 Å². The second-order valence-electron chi connectivity index (χ2n) is 0.247. The van der Waals surface area contributed by atoms with Gasteiger partial charge >= 0.3 is 0 Å². The van der Waals surface area contributed by atoms with Crippen LogP contribution in [0.4, 0.5) is 0 Å². The molecule has 0 unspecified atom stereocenters. The molecule has 0 spiro atoms. The van der Waals surface area contributed by atoms with Crippen LogP contribution in [0.5, 0.6) is 0 Å². The van der Waals surface area contributed by atoms with Crippen LogP contribution < -0.4 is 0 Å². The molecule has 0 bridgehead atoms. The summed E-state index contributed by atoms with van der Waals surface area (Å²) in [5.41, 5.74) is 0. The summed E-state index contributed by atoms with van der Waals surface area (Å²) in [5, 5.41) is 8.48. The van der Waals surface area contributed by atoms with Gasteiger partial charge in [0.25, 0.3) is 0 Å². The summed E-state index contributed by atoms with van der Waals surface area (Å²) >= 11 is 4.07. The van der Waals surface area contributed by atoms with Crippen molar-refractivity contribution in [3.63, 3.8) is 0 Å². The molecule has 20 valence electrons. The molecule has 0 rings (SSSR count). The van der Waals surface area contributed by atoms with Gasteiger partial charge < -0.3 is 0 Å². The minimum Gasteiger partial charge on any atom is -0.192 e. The first-order chi connectivity index (χ1) is 1.91. The van der Waals surface area contributed by atoms with Crippen molar-refractivity contribution in [3.8, 4) is 6.07 Å². The highest BCUT2D eigenvalue weighted by atomic mass is 32.1. The number of rotatable bonds is 0.